The van der Waals surface area contributed by atoms with Gasteiger partial charge in [0, 0.05) is 25.2 Å². The number of nitrogens with one attached hydrogen (secondary N) is 1. The fourth-order valence-corrected chi connectivity index (χ4v) is 4.78. The second-order valence-electron chi connectivity index (χ2n) is 7.95. The molecule has 13 heteroatoms. The highest BCUT2D eigenvalue weighted by molar-refractivity contribution is 7.92. The summed E-state index contributed by atoms with van der Waals surface area (Å²) in [5, 5.41) is 22.6. The van der Waals surface area contributed by atoms with Crippen molar-refractivity contribution < 1.29 is 32.6 Å². The Kier molecular flexibility index (Phi) is 8.37. The van der Waals surface area contributed by atoms with Crippen LogP contribution in [0.5, 0.6) is 5.75 Å². The van der Waals surface area contributed by atoms with E-state index in [1.54, 1.807) is 0 Å². The maximum Gasteiger partial charge on any atom is 0.336 e. The van der Waals surface area contributed by atoms with Crippen molar-refractivity contribution in [2.75, 3.05) is 23.7 Å². The van der Waals surface area contributed by atoms with Crippen LogP contribution in [0, 0.1) is 5.82 Å². The van der Waals surface area contributed by atoms with E-state index in [0.29, 0.717) is 25.8 Å². The van der Waals surface area contributed by atoms with Crippen LogP contribution < -0.4 is 15.4 Å². The number of benzene rings is 1. The maximum absolute atomic E-state index is 13.4. The SMILES string of the molecule is CN(c1nc(C(=O)NCc2ccc(F)cc2C(=O)O)c(O)c2ncccc12)S(=O)(=O)CCCCCN. The van der Waals surface area contributed by atoms with E-state index in [1.165, 1.54) is 31.4 Å². The summed E-state index contributed by atoms with van der Waals surface area (Å²) in [6.07, 6.45) is 3.07. The number of aromatic nitrogens is 2. The topological polar surface area (TPSA) is 176 Å². The quantitative estimate of drug-likeness (QED) is 0.276. The van der Waals surface area contributed by atoms with E-state index in [9.17, 15) is 32.6 Å². The van der Waals surface area contributed by atoms with E-state index >= 15 is 0 Å². The molecule has 0 radical (unpaired) electrons. The molecule has 3 rings (SSSR count). The highest BCUT2D eigenvalue weighted by Crippen LogP contribution is 2.33. The number of nitrogens with two attached hydrogens (primary N) is 1. The summed E-state index contributed by atoms with van der Waals surface area (Å²) >= 11 is 0. The molecule has 0 aliphatic rings. The summed E-state index contributed by atoms with van der Waals surface area (Å²) in [6.45, 7) is 0.142. The number of carboxylic acid groups (broad SMARTS) is 1. The molecule has 0 bridgehead atoms. The number of halogens is 1. The molecule has 0 spiro atoms. The molecule has 192 valence electrons. The summed E-state index contributed by atoms with van der Waals surface area (Å²) < 4.78 is 40.2. The second kappa shape index (κ2) is 11.3. The fraction of sp³-hybridized carbons (Fsp3) is 0.304. The largest absolute Gasteiger partial charge is 0.504 e. The Morgan fingerprint density at radius 1 is 1.19 bits per heavy atom. The number of carboxylic acids is 1. The van der Waals surface area contributed by atoms with Crippen molar-refractivity contribution in [2.45, 2.75) is 25.8 Å². The number of amides is 1. The van der Waals surface area contributed by atoms with Crippen LogP contribution in [-0.4, -0.2) is 59.8 Å². The Hall–Kier alpha value is -3.84. The van der Waals surface area contributed by atoms with Crippen molar-refractivity contribution in [1.82, 2.24) is 15.3 Å². The van der Waals surface area contributed by atoms with Crippen LogP contribution in [0.2, 0.25) is 0 Å². The van der Waals surface area contributed by atoms with Gasteiger partial charge in [-0.2, -0.15) is 0 Å². The first-order chi connectivity index (χ1) is 17.1. The Morgan fingerprint density at radius 2 is 1.94 bits per heavy atom. The van der Waals surface area contributed by atoms with Gasteiger partial charge in [0.2, 0.25) is 10.0 Å². The van der Waals surface area contributed by atoms with Crippen molar-refractivity contribution in [3.05, 3.63) is 59.2 Å². The minimum absolute atomic E-state index is 0.0363. The van der Waals surface area contributed by atoms with Gasteiger partial charge >= 0.3 is 5.97 Å². The predicted molar refractivity (Wildman–Crippen MR) is 131 cm³/mol. The number of carbonyl (C=O) groups excluding carboxylic acids is 1. The van der Waals surface area contributed by atoms with Gasteiger partial charge in [-0.05, 0) is 49.2 Å². The molecule has 11 nitrogen and oxygen atoms in total. The highest BCUT2D eigenvalue weighted by atomic mass is 32.2. The standard InChI is InChI=1S/C23H26FN5O6S/c1-29(36(34,35)11-4-2-3-9-25)21-16-6-5-10-26-18(16)20(30)19(28-21)22(31)27-13-14-7-8-15(24)12-17(14)23(32)33/h5-8,10,12,30H,2-4,9,11,13,25H2,1H3,(H,27,31)(H,32,33). The molecule has 0 unspecified atom stereocenters. The molecule has 0 fully saturated rings. The first-order valence-electron chi connectivity index (χ1n) is 11.0. The number of unbranched alkanes of at least 4 members (excludes halogenated alkanes) is 2. The number of aromatic hydroxyl groups is 1. The molecule has 0 saturated heterocycles. The number of rotatable bonds is 11. The Morgan fingerprint density at radius 3 is 2.64 bits per heavy atom. The average Bonchev–Trinajstić information content (AvgIpc) is 2.85. The van der Waals surface area contributed by atoms with Gasteiger partial charge in [0.1, 0.15) is 11.3 Å². The van der Waals surface area contributed by atoms with E-state index in [0.717, 1.165) is 16.4 Å². The van der Waals surface area contributed by atoms with Gasteiger partial charge < -0.3 is 21.3 Å². The van der Waals surface area contributed by atoms with Gasteiger partial charge in [-0.3, -0.25) is 14.1 Å². The zero-order valence-electron chi connectivity index (χ0n) is 19.4. The molecular formula is C23H26FN5O6S. The van der Waals surface area contributed by atoms with Crippen LogP contribution in [0.1, 0.15) is 45.7 Å². The predicted octanol–water partition coefficient (Wildman–Crippen LogP) is 2.00. The first-order valence-corrected chi connectivity index (χ1v) is 12.6. The lowest BCUT2D eigenvalue weighted by Crippen LogP contribution is -2.31. The van der Waals surface area contributed by atoms with E-state index in [2.05, 4.69) is 15.3 Å². The number of carbonyl (C=O) groups is 2. The van der Waals surface area contributed by atoms with Crippen LogP contribution in [0.4, 0.5) is 10.2 Å². The summed E-state index contributed by atoms with van der Waals surface area (Å²) in [7, 11) is -2.53. The number of hydrogen-bond acceptors (Lipinski definition) is 8. The van der Waals surface area contributed by atoms with Gasteiger partial charge in [0.25, 0.3) is 5.91 Å². The van der Waals surface area contributed by atoms with E-state index in [1.807, 2.05) is 0 Å². The Labute approximate surface area is 206 Å². The van der Waals surface area contributed by atoms with Gasteiger partial charge in [0.05, 0.1) is 11.3 Å². The number of anilines is 1. The maximum atomic E-state index is 13.4. The lowest BCUT2D eigenvalue weighted by atomic mass is 10.1. The van der Waals surface area contributed by atoms with Crippen molar-refractivity contribution in [1.29, 1.82) is 0 Å². The Balaban J connectivity index is 1.95. The number of pyridine rings is 2. The van der Waals surface area contributed by atoms with Crippen molar-refractivity contribution in [3.63, 3.8) is 0 Å². The molecule has 2 heterocycles. The summed E-state index contributed by atoms with van der Waals surface area (Å²) in [5.74, 6) is -3.88. The molecule has 36 heavy (non-hydrogen) atoms. The number of fused-ring (bicyclic) bond motifs is 1. The first kappa shape index (κ1) is 26.8. The Bertz CT molecular complexity index is 1400. The van der Waals surface area contributed by atoms with Crippen LogP contribution in [-0.2, 0) is 16.6 Å². The van der Waals surface area contributed by atoms with E-state index in [4.69, 9.17) is 5.73 Å². The van der Waals surface area contributed by atoms with Crippen molar-refractivity contribution in [3.8, 4) is 5.75 Å². The van der Waals surface area contributed by atoms with Gasteiger partial charge in [0.15, 0.2) is 17.3 Å². The van der Waals surface area contributed by atoms with Gasteiger partial charge in [-0.1, -0.05) is 12.5 Å². The number of hydrogen-bond donors (Lipinski definition) is 4. The molecular weight excluding hydrogens is 493 g/mol. The fourth-order valence-electron chi connectivity index (χ4n) is 3.54. The molecule has 2 aromatic heterocycles. The monoisotopic (exact) mass is 519 g/mol. The van der Waals surface area contributed by atoms with E-state index < -0.39 is 39.2 Å². The molecule has 5 N–H and O–H groups in total. The highest BCUT2D eigenvalue weighted by Gasteiger charge is 2.26. The third-order valence-corrected chi connectivity index (χ3v) is 7.31. The summed E-state index contributed by atoms with van der Waals surface area (Å²) in [5.41, 5.74) is 4.70. The molecule has 0 atom stereocenters. The van der Waals surface area contributed by atoms with Crippen LogP contribution in [0.15, 0.2) is 36.5 Å². The van der Waals surface area contributed by atoms with Crippen molar-refractivity contribution >= 4 is 38.6 Å². The number of aromatic carboxylic acids is 1. The van der Waals surface area contributed by atoms with Crippen LogP contribution in [0.3, 0.4) is 0 Å². The van der Waals surface area contributed by atoms with Gasteiger partial charge in [-0.15, -0.1) is 0 Å². The lowest BCUT2D eigenvalue weighted by molar-refractivity contribution is 0.0693. The molecule has 1 aromatic carbocycles. The van der Waals surface area contributed by atoms with Gasteiger partial charge in [-0.25, -0.2) is 22.6 Å². The van der Waals surface area contributed by atoms with Crippen LogP contribution >= 0.6 is 0 Å². The third-order valence-electron chi connectivity index (χ3n) is 5.49. The second-order valence-corrected chi connectivity index (χ2v) is 10.1. The summed E-state index contributed by atoms with van der Waals surface area (Å²) in [6, 6.07) is 6.14. The van der Waals surface area contributed by atoms with E-state index in [-0.39, 0.29) is 40.1 Å². The number of nitrogens with zero attached hydrogens (tertiary/aromatic N) is 3. The van der Waals surface area contributed by atoms with Crippen LogP contribution in [0.25, 0.3) is 10.9 Å². The molecule has 0 aliphatic carbocycles. The minimum Gasteiger partial charge on any atom is -0.504 e. The zero-order valence-corrected chi connectivity index (χ0v) is 20.3. The molecule has 1 amide bonds. The smallest absolute Gasteiger partial charge is 0.336 e. The lowest BCUT2D eigenvalue weighted by Gasteiger charge is -2.21. The molecule has 0 saturated carbocycles. The van der Waals surface area contributed by atoms with Crippen molar-refractivity contribution in [2.24, 2.45) is 5.73 Å². The average molecular weight is 520 g/mol. The minimum atomic E-state index is -3.83. The number of sulfonamides is 1. The normalized spacial score (nSPS) is 11.4. The molecule has 0 aliphatic heterocycles. The molecule has 3 aromatic rings. The zero-order chi connectivity index (χ0) is 26.5. The summed E-state index contributed by atoms with van der Waals surface area (Å²) in [4.78, 5) is 32.6. The third kappa shape index (κ3) is 5.86.